The Morgan fingerprint density at radius 1 is 1.20 bits per heavy atom. The molecule has 0 aliphatic rings. The number of hydrogen-bond donors (Lipinski definition) is 2. The summed E-state index contributed by atoms with van der Waals surface area (Å²) in [6.45, 7) is 1.46. The van der Waals surface area contributed by atoms with Crippen LogP contribution in [0.15, 0.2) is 62.7 Å². The van der Waals surface area contributed by atoms with Crippen LogP contribution in [0, 0.1) is 0 Å². The molecule has 3 aromatic heterocycles. The van der Waals surface area contributed by atoms with Gasteiger partial charge in [-0.2, -0.15) is 0 Å². The molecule has 0 aliphatic heterocycles. The molecule has 0 saturated carbocycles. The number of halogens is 1. The largest absolute Gasteiger partial charge is 0.403 e. The molecular formula is C20H16ClN5O2S2. The van der Waals surface area contributed by atoms with Crippen LogP contribution >= 0.6 is 34.7 Å². The fourth-order valence-corrected chi connectivity index (χ4v) is 4.71. The van der Waals surface area contributed by atoms with E-state index in [1.165, 1.54) is 6.92 Å². The van der Waals surface area contributed by atoms with Crippen molar-refractivity contribution < 1.29 is 9.21 Å². The standard InChI is InChI=1S/C20H16ClN5O2S2/c1-12(27)23-17-10-13(6-8-22-17)11-30-19-16(7-9-29-19)18-25-26-20(28-18)24-15-4-2-14(21)3-5-15/h2-10H,11H2,1H3,(H,24,26)(H,22,23,27). The van der Waals surface area contributed by atoms with Crippen molar-refractivity contribution in [2.45, 2.75) is 16.9 Å². The first-order valence-corrected chi connectivity index (χ1v) is 11.1. The van der Waals surface area contributed by atoms with Crippen LogP contribution in [0.1, 0.15) is 12.5 Å². The Hall–Kier alpha value is -2.88. The SMILES string of the molecule is CC(=O)Nc1cc(CSc2sccc2-c2nnc(Nc3ccc(Cl)cc3)o2)ccn1. The summed E-state index contributed by atoms with van der Waals surface area (Å²) >= 11 is 9.17. The maximum atomic E-state index is 11.2. The van der Waals surface area contributed by atoms with Gasteiger partial charge in [-0.25, -0.2) is 4.98 Å². The number of carbonyl (C=O) groups excluding carboxylic acids is 1. The predicted octanol–water partition coefficient (Wildman–Crippen LogP) is 5.84. The van der Waals surface area contributed by atoms with Crippen LogP contribution in [-0.4, -0.2) is 21.1 Å². The van der Waals surface area contributed by atoms with Crippen molar-refractivity contribution in [1.29, 1.82) is 0 Å². The molecular weight excluding hydrogens is 442 g/mol. The highest BCUT2D eigenvalue weighted by atomic mass is 35.5. The molecule has 4 rings (SSSR count). The molecule has 30 heavy (non-hydrogen) atoms. The molecule has 0 spiro atoms. The third kappa shape index (κ3) is 5.18. The number of rotatable bonds is 7. The molecule has 1 aromatic carbocycles. The number of pyridine rings is 1. The summed E-state index contributed by atoms with van der Waals surface area (Å²) in [6.07, 6.45) is 1.68. The van der Waals surface area contributed by atoms with Gasteiger partial charge < -0.3 is 15.1 Å². The minimum absolute atomic E-state index is 0.146. The van der Waals surface area contributed by atoms with Crippen molar-refractivity contribution in [2.75, 3.05) is 10.6 Å². The summed E-state index contributed by atoms with van der Waals surface area (Å²) < 4.78 is 6.85. The van der Waals surface area contributed by atoms with Crippen LogP contribution in [0.3, 0.4) is 0 Å². The topological polar surface area (TPSA) is 92.9 Å². The number of carbonyl (C=O) groups is 1. The van der Waals surface area contributed by atoms with E-state index in [-0.39, 0.29) is 5.91 Å². The number of thiophene rings is 1. The molecule has 0 radical (unpaired) electrons. The number of aromatic nitrogens is 3. The van der Waals surface area contributed by atoms with E-state index in [4.69, 9.17) is 16.0 Å². The number of hydrogen-bond acceptors (Lipinski definition) is 8. The van der Waals surface area contributed by atoms with E-state index in [1.807, 2.05) is 35.7 Å². The molecule has 0 aliphatic carbocycles. The second kappa shape index (κ2) is 9.29. The average Bonchev–Trinajstić information content (AvgIpc) is 3.37. The summed E-state index contributed by atoms with van der Waals surface area (Å²) in [5.74, 6) is 1.56. The highest BCUT2D eigenvalue weighted by molar-refractivity contribution is 8.00. The van der Waals surface area contributed by atoms with Gasteiger partial charge in [-0.15, -0.1) is 28.2 Å². The normalized spacial score (nSPS) is 10.7. The zero-order chi connectivity index (χ0) is 20.9. The molecule has 0 bridgehead atoms. The molecule has 1 amide bonds. The molecule has 0 fully saturated rings. The zero-order valence-electron chi connectivity index (χ0n) is 15.8. The molecule has 7 nitrogen and oxygen atoms in total. The monoisotopic (exact) mass is 457 g/mol. The molecule has 10 heteroatoms. The van der Waals surface area contributed by atoms with E-state index in [0.717, 1.165) is 21.0 Å². The Morgan fingerprint density at radius 3 is 2.83 bits per heavy atom. The van der Waals surface area contributed by atoms with Gasteiger partial charge >= 0.3 is 6.01 Å². The number of benzene rings is 1. The number of nitrogens with zero attached hydrogens (tertiary/aromatic N) is 3. The Morgan fingerprint density at radius 2 is 2.03 bits per heavy atom. The third-order valence-electron chi connectivity index (χ3n) is 3.88. The number of anilines is 3. The van der Waals surface area contributed by atoms with Crippen LogP contribution < -0.4 is 10.6 Å². The minimum Gasteiger partial charge on any atom is -0.403 e. The van der Waals surface area contributed by atoms with E-state index in [2.05, 4.69) is 25.8 Å². The first-order valence-electron chi connectivity index (χ1n) is 8.86. The van der Waals surface area contributed by atoms with Gasteiger partial charge in [0.05, 0.1) is 9.77 Å². The molecule has 2 N–H and O–H groups in total. The highest BCUT2D eigenvalue weighted by Gasteiger charge is 2.15. The summed E-state index contributed by atoms with van der Waals surface area (Å²) in [5.41, 5.74) is 2.74. The summed E-state index contributed by atoms with van der Waals surface area (Å²) in [6, 6.07) is 13.3. The summed E-state index contributed by atoms with van der Waals surface area (Å²) in [4.78, 5) is 15.4. The summed E-state index contributed by atoms with van der Waals surface area (Å²) in [7, 11) is 0. The molecule has 0 saturated heterocycles. The average molecular weight is 458 g/mol. The van der Waals surface area contributed by atoms with Crippen molar-refractivity contribution in [3.63, 3.8) is 0 Å². The lowest BCUT2D eigenvalue weighted by Gasteiger charge is -2.05. The zero-order valence-corrected chi connectivity index (χ0v) is 18.1. The Kier molecular flexibility index (Phi) is 6.32. The van der Waals surface area contributed by atoms with Crippen LogP contribution in [0.2, 0.25) is 5.02 Å². The third-order valence-corrected chi connectivity index (χ3v) is 6.44. The first kappa shape index (κ1) is 20.4. The Labute approximate surface area is 185 Å². The van der Waals surface area contributed by atoms with Gasteiger partial charge in [0.25, 0.3) is 5.89 Å². The van der Waals surface area contributed by atoms with Crippen LogP contribution in [0.4, 0.5) is 17.5 Å². The molecule has 0 atom stereocenters. The van der Waals surface area contributed by atoms with Crippen molar-refractivity contribution in [1.82, 2.24) is 15.2 Å². The fourth-order valence-electron chi connectivity index (χ4n) is 2.57. The maximum absolute atomic E-state index is 11.2. The quantitative estimate of drug-likeness (QED) is 0.336. The van der Waals surface area contributed by atoms with Crippen LogP contribution in [-0.2, 0) is 10.5 Å². The van der Waals surface area contributed by atoms with E-state index in [9.17, 15) is 4.79 Å². The van der Waals surface area contributed by atoms with Gasteiger partial charge in [-0.3, -0.25) is 4.79 Å². The summed E-state index contributed by atoms with van der Waals surface area (Å²) in [5, 5.41) is 16.7. The number of nitrogens with one attached hydrogen (secondary N) is 2. The fraction of sp³-hybridized carbons (Fsp3) is 0.100. The van der Waals surface area contributed by atoms with Crippen LogP contribution in [0.25, 0.3) is 11.5 Å². The second-order valence-electron chi connectivity index (χ2n) is 6.19. The lowest BCUT2D eigenvalue weighted by atomic mass is 10.3. The Bertz CT molecular complexity index is 1160. The van der Waals surface area contributed by atoms with E-state index < -0.39 is 0 Å². The second-order valence-corrected chi connectivity index (χ2v) is 8.78. The maximum Gasteiger partial charge on any atom is 0.320 e. The lowest BCUT2D eigenvalue weighted by Crippen LogP contribution is -2.07. The van der Waals surface area contributed by atoms with Crippen molar-refractivity contribution in [2.24, 2.45) is 0 Å². The van der Waals surface area contributed by atoms with Gasteiger partial charge in [0.1, 0.15) is 5.82 Å². The van der Waals surface area contributed by atoms with Gasteiger partial charge in [0.2, 0.25) is 5.91 Å². The molecule has 0 unspecified atom stereocenters. The molecule has 152 valence electrons. The van der Waals surface area contributed by atoms with Crippen LogP contribution in [0.5, 0.6) is 0 Å². The predicted molar refractivity (Wildman–Crippen MR) is 120 cm³/mol. The number of amides is 1. The van der Waals surface area contributed by atoms with E-state index in [0.29, 0.717) is 28.5 Å². The highest BCUT2D eigenvalue weighted by Crippen LogP contribution is 2.38. The minimum atomic E-state index is -0.146. The van der Waals surface area contributed by atoms with E-state index in [1.54, 1.807) is 41.4 Å². The van der Waals surface area contributed by atoms with Crippen molar-refractivity contribution in [3.05, 3.63) is 64.6 Å². The van der Waals surface area contributed by atoms with Crippen molar-refractivity contribution >= 4 is 58.1 Å². The van der Waals surface area contributed by atoms with Gasteiger partial charge in [0.15, 0.2) is 0 Å². The van der Waals surface area contributed by atoms with Gasteiger partial charge in [-0.1, -0.05) is 16.7 Å². The number of thioether (sulfide) groups is 1. The van der Waals surface area contributed by atoms with E-state index >= 15 is 0 Å². The molecule has 3 heterocycles. The molecule has 4 aromatic rings. The van der Waals surface area contributed by atoms with Gasteiger partial charge in [0, 0.05) is 29.6 Å². The lowest BCUT2D eigenvalue weighted by molar-refractivity contribution is -0.114. The van der Waals surface area contributed by atoms with Gasteiger partial charge in [-0.05, 0) is 53.4 Å². The Balaban J connectivity index is 1.44. The smallest absolute Gasteiger partial charge is 0.320 e. The first-order chi connectivity index (χ1) is 14.6. The van der Waals surface area contributed by atoms with Crippen molar-refractivity contribution in [3.8, 4) is 11.5 Å².